The Bertz CT molecular complexity index is 572. The van der Waals surface area contributed by atoms with E-state index in [4.69, 9.17) is 0 Å². The van der Waals surface area contributed by atoms with Crippen molar-refractivity contribution in [3.05, 3.63) is 32.0 Å². The highest BCUT2D eigenvalue weighted by Crippen LogP contribution is 2.18. The zero-order valence-electron chi connectivity index (χ0n) is 8.99. The first-order chi connectivity index (χ1) is 7.61. The summed E-state index contributed by atoms with van der Waals surface area (Å²) in [6, 6.07) is 0. The van der Waals surface area contributed by atoms with E-state index in [1.807, 2.05) is 42.8 Å². The molecule has 16 heavy (non-hydrogen) atoms. The lowest BCUT2D eigenvalue weighted by molar-refractivity contribution is 0.746. The highest BCUT2D eigenvalue weighted by molar-refractivity contribution is 14.1. The molecule has 1 N–H and O–H groups in total. The predicted molar refractivity (Wildman–Crippen MR) is 69.2 cm³/mol. The topological polar surface area (TPSA) is 63.6 Å². The molecule has 0 radical (unpaired) electrons. The van der Waals surface area contributed by atoms with Gasteiger partial charge in [-0.2, -0.15) is 5.10 Å². The van der Waals surface area contributed by atoms with E-state index in [-0.39, 0.29) is 5.56 Å². The van der Waals surface area contributed by atoms with Gasteiger partial charge < -0.3 is 4.98 Å². The molecule has 2 heterocycles. The summed E-state index contributed by atoms with van der Waals surface area (Å²) in [5, 5.41) is 4.31. The van der Waals surface area contributed by atoms with Crippen LogP contribution < -0.4 is 5.56 Å². The Kier molecular flexibility index (Phi) is 3.08. The van der Waals surface area contributed by atoms with Gasteiger partial charge in [0.25, 0.3) is 5.56 Å². The molecule has 0 saturated heterocycles. The van der Waals surface area contributed by atoms with Crippen molar-refractivity contribution in [1.29, 1.82) is 0 Å². The molecular weight excluding hydrogens is 319 g/mol. The molecule has 0 unspecified atom stereocenters. The van der Waals surface area contributed by atoms with Gasteiger partial charge in [-0.3, -0.25) is 9.48 Å². The number of rotatable bonds is 2. The van der Waals surface area contributed by atoms with E-state index < -0.39 is 0 Å². The molecule has 0 atom stereocenters. The maximum atomic E-state index is 11.5. The normalized spacial score (nSPS) is 10.7. The third-order valence-electron chi connectivity index (χ3n) is 2.25. The third-order valence-corrected chi connectivity index (χ3v) is 3.02. The molecule has 0 amide bonds. The van der Waals surface area contributed by atoms with Gasteiger partial charge in [0.15, 0.2) is 0 Å². The van der Waals surface area contributed by atoms with Crippen molar-refractivity contribution >= 4 is 22.6 Å². The second-order valence-electron chi connectivity index (χ2n) is 3.43. The summed E-state index contributed by atoms with van der Waals surface area (Å²) in [5.41, 5.74) is 1.71. The lowest BCUT2D eigenvalue weighted by atomic mass is 10.2. The second-order valence-corrected chi connectivity index (χ2v) is 4.59. The van der Waals surface area contributed by atoms with Gasteiger partial charge in [0.05, 0.1) is 14.8 Å². The Hall–Kier alpha value is -1.18. The Balaban J connectivity index is 2.58. The molecule has 0 aliphatic carbocycles. The second kappa shape index (κ2) is 4.36. The summed E-state index contributed by atoms with van der Waals surface area (Å²) in [6.45, 7) is 2.02. The molecule has 0 bridgehead atoms. The van der Waals surface area contributed by atoms with Crippen molar-refractivity contribution in [3.63, 3.8) is 0 Å². The van der Waals surface area contributed by atoms with Crippen LogP contribution in [0.5, 0.6) is 0 Å². The lowest BCUT2D eigenvalue weighted by Gasteiger charge is -1.99. The van der Waals surface area contributed by atoms with Gasteiger partial charge in [-0.15, -0.1) is 0 Å². The average Bonchev–Trinajstić information content (AvgIpc) is 2.63. The van der Waals surface area contributed by atoms with Gasteiger partial charge in [0.2, 0.25) is 0 Å². The number of hydrogen-bond donors (Lipinski definition) is 1. The van der Waals surface area contributed by atoms with Gasteiger partial charge in [-0.05, 0) is 29.0 Å². The molecule has 0 aromatic carbocycles. The maximum absolute atomic E-state index is 11.5. The minimum Gasteiger partial charge on any atom is -0.306 e. The molecule has 2 rings (SSSR count). The molecule has 6 heteroatoms. The number of H-pyrrole nitrogens is 1. The zero-order chi connectivity index (χ0) is 11.7. The Morgan fingerprint density at radius 3 is 2.94 bits per heavy atom. The quantitative estimate of drug-likeness (QED) is 0.845. The molecule has 2 aromatic heterocycles. The average molecular weight is 330 g/mol. The summed E-state index contributed by atoms with van der Waals surface area (Å²) in [4.78, 5) is 18.5. The van der Waals surface area contributed by atoms with Crippen molar-refractivity contribution in [1.82, 2.24) is 19.7 Å². The van der Waals surface area contributed by atoms with E-state index in [1.165, 1.54) is 0 Å². The number of nitrogens with one attached hydrogen (secondary N) is 1. The molecule has 0 spiro atoms. The molecular formula is C10H11IN4O. The smallest absolute Gasteiger partial charge is 0.264 e. The van der Waals surface area contributed by atoms with E-state index in [0.29, 0.717) is 9.39 Å². The summed E-state index contributed by atoms with van der Waals surface area (Å²) >= 11 is 1.96. The van der Waals surface area contributed by atoms with Gasteiger partial charge >= 0.3 is 0 Å². The number of aryl methyl sites for hydroxylation is 2. The van der Waals surface area contributed by atoms with Gasteiger partial charge in [-0.1, -0.05) is 6.92 Å². The van der Waals surface area contributed by atoms with Crippen molar-refractivity contribution in [3.8, 4) is 11.4 Å². The summed E-state index contributed by atoms with van der Waals surface area (Å²) in [5.74, 6) is 0.579. The fourth-order valence-corrected chi connectivity index (χ4v) is 1.78. The van der Waals surface area contributed by atoms with Crippen LogP contribution in [-0.2, 0) is 13.5 Å². The first kappa shape index (κ1) is 11.3. The Morgan fingerprint density at radius 2 is 2.31 bits per heavy atom. The van der Waals surface area contributed by atoms with E-state index in [1.54, 1.807) is 10.9 Å². The highest BCUT2D eigenvalue weighted by atomic mass is 127. The predicted octanol–water partition coefficient (Wildman–Crippen LogP) is 1.34. The van der Waals surface area contributed by atoms with Gasteiger partial charge in [0, 0.05) is 19.4 Å². The largest absolute Gasteiger partial charge is 0.306 e. The van der Waals surface area contributed by atoms with Crippen LogP contribution in [0.1, 0.15) is 12.6 Å². The Labute approximate surface area is 106 Å². The first-order valence-corrected chi connectivity index (χ1v) is 5.97. The van der Waals surface area contributed by atoms with Crippen LogP contribution in [0.2, 0.25) is 0 Å². The number of halogens is 1. The van der Waals surface area contributed by atoms with Crippen LogP contribution in [0.3, 0.4) is 0 Å². The van der Waals surface area contributed by atoms with Crippen LogP contribution >= 0.6 is 22.6 Å². The van der Waals surface area contributed by atoms with E-state index in [2.05, 4.69) is 15.1 Å². The third kappa shape index (κ3) is 2.01. The van der Waals surface area contributed by atoms with Crippen LogP contribution in [0.4, 0.5) is 0 Å². The number of aromatic nitrogens is 4. The number of nitrogens with zero attached hydrogens (tertiary/aromatic N) is 3. The first-order valence-electron chi connectivity index (χ1n) is 4.89. The minimum absolute atomic E-state index is 0.114. The SMILES string of the molecule is CCc1nn(C)cc1-c1ncc(I)c(=O)[nH]1. The minimum atomic E-state index is -0.114. The standard InChI is InChI=1S/C10H11IN4O/c1-3-8-6(5-15(2)14-8)9-12-4-7(11)10(16)13-9/h4-5H,3H2,1-2H3,(H,12,13,16). The zero-order valence-corrected chi connectivity index (χ0v) is 11.1. The monoisotopic (exact) mass is 330 g/mol. The van der Waals surface area contributed by atoms with E-state index >= 15 is 0 Å². The summed E-state index contributed by atoms with van der Waals surface area (Å²) in [7, 11) is 1.85. The molecule has 0 aliphatic rings. The molecule has 5 nitrogen and oxygen atoms in total. The fraction of sp³-hybridized carbons (Fsp3) is 0.300. The molecule has 0 fully saturated rings. The summed E-state index contributed by atoms with van der Waals surface area (Å²) < 4.78 is 2.31. The highest BCUT2D eigenvalue weighted by Gasteiger charge is 2.10. The van der Waals surface area contributed by atoms with Crippen LogP contribution in [-0.4, -0.2) is 19.7 Å². The Morgan fingerprint density at radius 1 is 1.56 bits per heavy atom. The van der Waals surface area contributed by atoms with E-state index in [0.717, 1.165) is 17.7 Å². The van der Waals surface area contributed by atoms with Crippen LogP contribution in [0.15, 0.2) is 17.2 Å². The van der Waals surface area contributed by atoms with Crippen LogP contribution in [0.25, 0.3) is 11.4 Å². The van der Waals surface area contributed by atoms with Crippen molar-refractivity contribution in [2.24, 2.45) is 7.05 Å². The number of hydrogen-bond acceptors (Lipinski definition) is 3. The van der Waals surface area contributed by atoms with E-state index in [9.17, 15) is 4.79 Å². The van der Waals surface area contributed by atoms with Crippen molar-refractivity contribution < 1.29 is 0 Å². The van der Waals surface area contributed by atoms with Gasteiger partial charge in [0.1, 0.15) is 5.82 Å². The maximum Gasteiger partial charge on any atom is 0.264 e. The molecule has 0 aliphatic heterocycles. The van der Waals surface area contributed by atoms with Gasteiger partial charge in [-0.25, -0.2) is 4.98 Å². The van der Waals surface area contributed by atoms with Crippen molar-refractivity contribution in [2.75, 3.05) is 0 Å². The van der Waals surface area contributed by atoms with Crippen molar-refractivity contribution in [2.45, 2.75) is 13.3 Å². The molecule has 0 saturated carbocycles. The molecule has 2 aromatic rings. The number of aromatic amines is 1. The lowest BCUT2D eigenvalue weighted by Crippen LogP contribution is -2.11. The fourth-order valence-electron chi connectivity index (χ4n) is 1.51. The molecule has 84 valence electrons. The van der Waals surface area contributed by atoms with Crippen LogP contribution in [0, 0.1) is 3.57 Å². The summed E-state index contributed by atoms with van der Waals surface area (Å²) in [6.07, 6.45) is 4.25.